The molecule has 150 valence electrons. The average Bonchev–Trinajstić information content (AvgIpc) is 2.75. The smallest absolute Gasteiger partial charge is 0.118 e. The van der Waals surface area contributed by atoms with Gasteiger partial charge in [-0.1, -0.05) is 36.4 Å². The Bertz CT molecular complexity index is 920. The third-order valence-corrected chi connectivity index (χ3v) is 4.60. The number of unbranched alkanes of at least 4 members (excludes halogenated alkanes) is 1. The summed E-state index contributed by atoms with van der Waals surface area (Å²) in [4.78, 5) is 4.64. The molecule has 3 aromatic rings. The predicted molar refractivity (Wildman–Crippen MR) is 120 cm³/mol. The van der Waals surface area contributed by atoms with E-state index in [1.807, 2.05) is 66.7 Å². The first-order valence-electron chi connectivity index (χ1n) is 9.93. The molecule has 4 nitrogen and oxygen atoms in total. The minimum Gasteiger partial charge on any atom is -0.497 e. The lowest BCUT2D eigenvalue weighted by Gasteiger charge is -2.06. The van der Waals surface area contributed by atoms with Crippen LogP contribution in [0.5, 0.6) is 5.75 Å². The maximum Gasteiger partial charge on any atom is 0.118 e. The van der Waals surface area contributed by atoms with Crippen LogP contribution in [0.15, 0.2) is 66.7 Å². The molecular formula is C25H28N2O2. The number of rotatable bonds is 10. The Hall–Kier alpha value is -3.11. The van der Waals surface area contributed by atoms with E-state index in [-0.39, 0.29) is 0 Å². The normalized spacial score (nSPS) is 11.1. The molecule has 0 saturated carbocycles. The van der Waals surface area contributed by atoms with Gasteiger partial charge >= 0.3 is 0 Å². The number of nitrogens with zero attached hydrogens (tertiary/aromatic N) is 1. The van der Waals surface area contributed by atoms with Crippen LogP contribution in [-0.2, 0) is 17.8 Å². The van der Waals surface area contributed by atoms with E-state index < -0.39 is 0 Å². The number of anilines is 1. The molecule has 0 fully saturated rings. The van der Waals surface area contributed by atoms with E-state index in [0.717, 1.165) is 54.3 Å². The first-order chi connectivity index (χ1) is 14.2. The minimum absolute atomic E-state index is 0.530. The molecule has 29 heavy (non-hydrogen) atoms. The molecule has 0 spiro atoms. The fourth-order valence-electron chi connectivity index (χ4n) is 3.02. The van der Waals surface area contributed by atoms with Crippen LogP contribution in [0, 0.1) is 0 Å². The molecule has 0 saturated heterocycles. The quantitative estimate of drug-likeness (QED) is 0.374. The summed E-state index contributed by atoms with van der Waals surface area (Å²) < 4.78 is 11.0. The first kappa shape index (κ1) is 20.6. The molecule has 0 aliphatic heterocycles. The van der Waals surface area contributed by atoms with Gasteiger partial charge in [0.15, 0.2) is 0 Å². The van der Waals surface area contributed by atoms with Gasteiger partial charge in [0.1, 0.15) is 5.75 Å². The van der Waals surface area contributed by atoms with Crippen molar-refractivity contribution >= 4 is 17.8 Å². The maximum atomic E-state index is 5.81. The Balaban J connectivity index is 1.39. The second-order valence-electron chi connectivity index (χ2n) is 6.92. The fourth-order valence-corrected chi connectivity index (χ4v) is 3.02. The van der Waals surface area contributed by atoms with Crippen LogP contribution >= 0.6 is 0 Å². The second-order valence-corrected chi connectivity index (χ2v) is 6.92. The summed E-state index contributed by atoms with van der Waals surface area (Å²) in [6.45, 7) is 1.27. The summed E-state index contributed by atoms with van der Waals surface area (Å²) in [6.07, 6.45) is 7.19. The molecule has 1 heterocycles. The van der Waals surface area contributed by atoms with Crippen molar-refractivity contribution in [2.45, 2.75) is 25.9 Å². The number of benzene rings is 2. The number of methoxy groups -OCH3 is 1. The molecule has 0 bridgehead atoms. The van der Waals surface area contributed by atoms with E-state index in [0.29, 0.717) is 6.61 Å². The highest BCUT2D eigenvalue weighted by atomic mass is 16.5. The number of ether oxygens (including phenoxy) is 2. The van der Waals surface area contributed by atoms with Crippen molar-refractivity contribution in [1.29, 1.82) is 0 Å². The number of pyridine rings is 1. The molecule has 0 aliphatic carbocycles. The summed E-state index contributed by atoms with van der Waals surface area (Å²) in [5.41, 5.74) is 10.8. The van der Waals surface area contributed by atoms with E-state index in [4.69, 9.17) is 15.2 Å². The molecule has 0 amide bonds. The summed E-state index contributed by atoms with van der Waals surface area (Å²) >= 11 is 0. The Labute approximate surface area is 173 Å². The monoisotopic (exact) mass is 388 g/mol. The highest BCUT2D eigenvalue weighted by Gasteiger charge is 1.99. The summed E-state index contributed by atoms with van der Waals surface area (Å²) in [5.74, 6) is 0.898. The Morgan fingerprint density at radius 2 is 1.76 bits per heavy atom. The van der Waals surface area contributed by atoms with Gasteiger partial charge < -0.3 is 15.2 Å². The van der Waals surface area contributed by atoms with Crippen LogP contribution < -0.4 is 10.5 Å². The molecule has 0 radical (unpaired) electrons. The van der Waals surface area contributed by atoms with E-state index in [2.05, 4.69) is 17.1 Å². The summed E-state index contributed by atoms with van der Waals surface area (Å²) in [6, 6.07) is 22.0. The molecular weight excluding hydrogens is 360 g/mol. The summed E-state index contributed by atoms with van der Waals surface area (Å²) in [5, 5.41) is 0. The van der Waals surface area contributed by atoms with Crippen LogP contribution in [-0.4, -0.2) is 18.7 Å². The van der Waals surface area contributed by atoms with Crippen LogP contribution in [0.25, 0.3) is 12.2 Å². The number of aryl methyl sites for hydroxylation is 1. The standard InChI is InChI=1S/C25H28N2O2/c1-28-25-15-12-20(13-16-25)6-2-3-17-29-19-24-10-5-9-23(27-24)14-11-21-7-4-8-22(26)18-21/h4-5,7-16,18H,2-3,6,17,19,26H2,1H3. The van der Waals surface area contributed by atoms with Gasteiger partial charge in [0.25, 0.3) is 0 Å². The fraction of sp³-hybridized carbons (Fsp3) is 0.240. The highest BCUT2D eigenvalue weighted by molar-refractivity contribution is 5.69. The third kappa shape index (κ3) is 7.09. The molecule has 0 atom stereocenters. The van der Waals surface area contributed by atoms with E-state index in [9.17, 15) is 0 Å². The van der Waals surface area contributed by atoms with Crippen LogP contribution in [0.4, 0.5) is 5.69 Å². The maximum absolute atomic E-state index is 5.81. The number of nitrogen functional groups attached to an aromatic ring is 1. The van der Waals surface area contributed by atoms with Gasteiger partial charge in [-0.25, -0.2) is 0 Å². The zero-order valence-corrected chi connectivity index (χ0v) is 16.9. The van der Waals surface area contributed by atoms with Gasteiger partial charge in [-0.15, -0.1) is 0 Å². The molecule has 2 N–H and O–H groups in total. The van der Waals surface area contributed by atoms with Gasteiger partial charge in [-0.05, 0) is 72.9 Å². The Kier molecular flexibility index (Phi) is 7.84. The SMILES string of the molecule is COc1ccc(CCCCOCc2cccc(C=Cc3cccc(N)c3)n2)cc1. The van der Waals surface area contributed by atoms with Crippen LogP contribution in [0.2, 0.25) is 0 Å². The Morgan fingerprint density at radius 3 is 2.55 bits per heavy atom. The van der Waals surface area contributed by atoms with Crippen LogP contribution in [0.3, 0.4) is 0 Å². The van der Waals surface area contributed by atoms with Crippen molar-refractivity contribution < 1.29 is 9.47 Å². The molecule has 4 heteroatoms. The van der Waals surface area contributed by atoms with Crippen LogP contribution in [0.1, 0.15) is 35.4 Å². The lowest BCUT2D eigenvalue weighted by molar-refractivity contribution is 0.114. The zero-order chi connectivity index (χ0) is 20.3. The van der Waals surface area contributed by atoms with Gasteiger partial charge in [-0.2, -0.15) is 0 Å². The minimum atomic E-state index is 0.530. The molecule has 3 rings (SSSR count). The lowest BCUT2D eigenvalue weighted by atomic mass is 10.1. The first-order valence-corrected chi connectivity index (χ1v) is 9.93. The van der Waals surface area contributed by atoms with Crippen molar-refractivity contribution in [2.75, 3.05) is 19.5 Å². The number of nitrogens with two attached hydrogens (primary N) is 1. The highest BCUT2D eigenvalue weighted by Crippen LogP contribution is 2.14. The lowest BCUT2D eigenvalue weighted by Crippen LogP contribution is -1.99. The average molecular weight is 389 g/mol. The molecule has 0 aliphatic rings. The van der Waals surface area contributed by atoms with Crippen molar-refractivity contribution in [3.8, 4) is 5.75 Å². The van der Waals surface area contributed by atoms with E-state index in [1.165, 1.54) is 5.56 Å². The van der Waals surface area contributed by atoms with Gasteiger partial charge in [0.2, 0.25) is 0 Å². The molecule has 2 aromatic carbocycles. The van der Waals surface area contributed by atoms with Gasteiger partial charge in [-0.3, -0.25) is 4.98 Å². The van der Waals surface area contributed by atoms with E-state index in [1.54, 1.807) is 7.11 Å². The van der Waals surface area contributed by atoms with Crippen molar-refractivity contribution in [2.24, 2.45) is 0 Å². The van der Waals surface area contributed by atoms with Crippen molar-refractivity contribution in [1.82, 2.24) is 4.98 Å². The van der Waals surface area contributed by atoms with Gasteiger partial charge in [0, 0.05) is 12.3 Å². The third-order valence-electron chi connectivity index (χ3n) is 4.60. The topological polar surface area (TPSA) is 57.4 Å². The number of aromatic nitrogens is 1. The number of hydrogen-bond donors (Lipinski definition) is 1. The largest absolute Gasteiger partial charge is 0.497 e. The second kappa shape index (κ2) is 11.0. The molecule has 1 aromatic heterocycles. The Morgan fingerprint density at radius 1 is 0.931 bits per heavy atom. The van der Waals surface area contributed by atoms with Crippen molar-refractivity contribution in [3.63, 3.8) is 0 Å². The number of hydrogen-bond acceptors (Lipinski definition) is 4. The van der Waals surface area contributed by atoms with E-state index >= 15 is 0 Å². The van der Waals surface area contributed by atoms with Gasteiger partial charge in [0.05, 0.1) is 25.1 Å². The zero-order valence-electron chi connectivity index (χ0n) is 16.9. The predicted octanol–water partition coefficient (Wildman–Crippen LogP) is 5.38. The summed E-state index contributed by atoms with van der Waals surface area (Å²) in [7, 11) is 1.69. The van der Waals surface area contributed by atoms with Crippen molar-refractivity contribution in [3.05, 3.63) is 89.2 Å². The molecule has 0 unspecified atom stereocenters.